The Balaban J connectivity index is 1.78. The molecule has 0 N–H and O–H groups in total. The van der Waals surface area contributed by atoms with Gasteiger partial charge in [0.1, 0.15) is 12.3 Å². The predicted octanol–water partition coefficient (Wildman–Crippen LogP) is 4.86. The molecular formula is C20H16ClN3O4S2. The van der Waals surface area contributed by atoms with Gasteiger partial charge >= 0.3 is 0 Å². The Kier molecular flexibility index (Phi) is 5.76. The fourth-order valence-corrected chi connectivity index (χ4v) is 5.20. The summed E-state index contributed by atoms with van der Waals surface area (Å²) in [6.45, 7) is -0.173. The van der Waals surface area contributed by atoms with Crippen molar-refractivity contribution in [2.45, 2.75) is 11.4 Å². The fraction of sp³-hybridized carbons (Fsp3) is 0.100. The second-order valence-electron chi connectivity index (χ2n) is 6.12. The summed E-state index contributed by atoms with van der Waals surface area (Å²) in [5, 5.41) is 10.3. The molecule has 2 heterocycles. The van der Waals surface area contributed by atoms with Crippen molar-refractivity contribution in [1.82, 2.24) is 10.2 Å². The number of para-hydroxylation sites is 2. The summed E-state index contributed by atoms with van der Waals surface area (Å²) in [5.74, 6) is 0.871. The maximum Gasteiger partial charge on any atom is 0.264 e. The van der Waals surface area contributed by atoms with E-state index in [1.54, 1.807) is 36.4 Å². The molecule has 4 rings (SSSR count). The first kappa shape index (κ1) is 20.4. The molecule has 0 amide bonds. The zero-order valence-corrected chi connectivity index (χ0v) is 18.1. The van der Waals surface area contributed by atoms with Gasteiger partial charge < -0.3 is 9.15 Å². The molecule has 0 saturated heterocycles. The lowest BCUT2D eigenvalue weighted by atomic mass is 10.3. The molecule has 0 radical (unpaired) electrons. The Morgan fingerprint density at radius 3 is 2.67 bits per heavy atom. The first-order chi connectivity index (χ1) is 14.5. The number of anilines is 1. The van der Waals surface area contributed by atoms with Gasteiger partial charge in [-0.25, -0.2) is 8.42 Å². The average Bonchev–Trinajstić information content (AvgIpc) is 3.44. The lowest BCUT2D eigenvalue weighted by Crippen LogP contribution is -2.31. The largest absolute Gasteiger partial charge is 0.495 e. The summed E-state index contributed by atoms with van der Waals surface area (Å²) in [7, 11) is -2.53. The van der Waals surface area contributed by atoms with Crippen LogP contribution >= 0.6 is 22.9 Å². The minimum absolute atomic E-state index is 0.0406. The highest BCUT2D eigenvalue weighted by molar-refractivity contribution is 7.92. The summed E-state index contributed by atoms with van der Waals surface area (Å²) in [5.41, 5.74) is 0.343. The van der Waals surface area contributed by atoms with E-state index in [-0.39, 0.29) is 17.3 Å². The van der Waals surface area contributed by atoms with E-state index in [0.29, 0.717) is 22.4 Å². The molecule has 0 bridgehead atoms. The highest BCUT2D eigenvalue weighted by atomic mass is 35.5. The van der Waals surface area contributed by atoms with Crippen LogP contribution < -0.4 is 9.04 Å². The number of ether oxygens (including phenoxy) is 1. The van der Waals surface area contributed by atoms with Crippen LogP contribution in [-0.2, 0) is 16.6 Å². The number of benzene rings is 2. The molecule has 10 heteroatoms. The third-order valence-electron chi connectivity index (χ3n) is 4.22. The molecule has 0 saturated carbocycles. The van der Waals surface area contributed by atoms with Crippen molar-refractivity contribution in [2.75, 3.05) is 11.4 Å². The lowest BCUT2D eigenvalue weighted by molar-refractivity contribution is 0.414. The van der Waals surface area contributed by atoms with Crippen LogP contribution in [0.5, 0.6) is 5.75 Å². The summed E-state index contributed by atoms with van der Waals surface area (Å²) < 4.78 is 39.3. The minimum atomic E-state index is -4.01. The van der Waals surface area contributed by atoms with E-state index in [2.05, 4.69) is 10.2 Å². The van der Waals surface area contributed by atoms with Crippen molar-refractivity contribution in [2.24, 2.45) is 0 Å². The summed E-state index contributed by atoms with van der Waals surface area (Å²) in [6.07, 6.45) is 0. The van der Waals surface area contributed by atoms with E-state index in [4.69, 9.17) is 20.8 Å². The molecule has 2 aromatic heterocycles. The zero-order chi connectivity index (χ0) is 21.1. The quantitative estimate of drug-likeness (QED) is 0.391. The molecule has 7 nitrogen and oxygen atoms in total. The standard InChI is InChI=1S/C20H16ClN3O4S2/c1-27-17-9-3-2-8-16(17)24(30(25,26)15-7-4-6-14(21)12-15)13-19-22-23-20(28-19)18-10-5-11-29-18/h2-12H,13H2,1H3. The fourth-order valence-electron chi connectivity index (χ4n) is 2.83. The van der Waals surface area contributed by atoms with E-state index in [0.717, 1.165) is 4.88 Å². The molecule has 0 aliphatic heterocycles. The maximum absolute atomic E-state index is 13.5. The number of rotatable bonds is 7. The number of halogens is 1. The van der Waals surface area contributed by atoms with Crippen molar-refractivity contribution in [3.63, 3.8) is 0 Å². The van der Waals surface area contributed by atoms with E-state index in [1.807, 2.05) is 17.5 Å². The predicted molar refractivity (Wildman–Crippen MR) is 115 cm³/mol. The molecule has 4 aromatic rings. The van der Waals surface area contributed by atoms with Gasteiger partial charge in [-0.05, 0) is 41.8 Å². The smallest absolute Gasteiger partial charge is 0.264 e. The van der Waals surface area contributed by atoms with Crippen LogP contribution in [0.3, 0.4) is 0 Å². The number of hydrogen-bond donors (Lipinski definition) is 0. The third-order valence-corrected chi connectivity index (χ3v) is 7.06. The van der Waals surface area contributed by atoms with E-state index in [1.165, 1.54) is 34.9 Å². The number of nitrogens with zero attached hydrogens (tertiary/aromatic N) is 3. The van der Waals surface area contributed by atoms with Crippen LogP contribution in [0.4, 0.5) is 5.69 Å². The molecule has 30 heavy (non-hydrogen) atoms. The van der Waals surface area contributed by atoms with Gasteiger partial charge in [0.15, 0.2) is 0 Å². The molecule has 0 spiro atoms. The van der Waals surface area contributed by atoms with Crippen molar-refractivity contribution in [3.8, 4) is 16.5 Å². The Morgan fingerprint density at radius 1 is 1.10 bits per heavy atom. The molecule has 154 valence electrons. The second kappa shape index (κ2) is 8.47. The number of methoxy groups -OCH3 is 1. The summed E-state index contributed by atoms with van der Waals surface area (Å²) in [4.78, 5) is 0.842. The van der Waals surface area contributed by atoms with Crippen LogP contribution in [0.25, 0.3) is 10.8 Å². The SMILES string of the molecule is COc1ccccc1N(Cc1nnc(-c2cccs2)o1)S(=O)(=O)c1cccc(Cl)c1. The van der Waals surface area contributed by atoms with Gasteiger partial charge in [-0.2, -0.15) is 0 Å². The first-order valence-electron chi connectivity index (χ1n) is 8.76. The van der Waals surface area contributed by atoms with Gasteiger partial charge in [0.05, 0.1) is 22.6 Å². The van der Waals surface area contributed by atoms with Gasteiger partial charge in [0.2, 0.25) is 5.89 Å². The normalized spacial score (nSPS) is 11.4. The van der Waals surface area contributed by atoms with E-state index in [9.17, 15) is 8.42 Å². The van der Waals surface area contributed by atoms with E-state index >= 15 is 0 Å². The number of thiophene rings is 1. The minimum Gasteiger partial charge on any atom is -0.495 e. The molecule has 0 aliphatic carbocycles. The van der Waals surface area contributed by atoms with Gasteiger partial charge in [0, 0.05) is 5.02 Å². The zero-order valence-electron chi connectivity index (χ0n) is 15.7. The average molecular weight is 462 g/mol. The molecule has 0 aliphatic rings. The van der Waals surface area contributed by atoms with Gasteiger partial charge in [0.25, 0.3) is 15.9 Å². The van der Waals surface area contributed by atoms with Crippen LogP contribution in [0.1, 0.15) is 5.89 Å². The number of sulfonamides is 1. The highest BCUT2D eigenvalue weighted by Gasteiger charge is 2.29. The Labute approximate surface area is 182 Å². The van der Waals surface area contributed by atoms with Crippen LogP contribution in [0.2, 0.25) is 5.02 Å². The molecular weight excluding hydrogens is 446 g/mol. The third kappa shape index (κ3) is 4.04. The van der Waals surface area contributed by atoms with Gasteiger partial charge in [-0.15, -0.1) is 21.5 Å². The van der Waals surface area contributed by atoms with Crippen LogP contribution in [0, 0.1) is 0 Å². The molecule has 0 atom stereocenters. The lowest BCUT2D eigenvalue weighted by Gasteiger charge is -2.24. The first-order valence-corrected chi connectivity index (χ1v) is 11.5. The Bertz CT molecular complexity index is 1260. The van der Waals surface area contributed by atoms with Gasteiger partial charge in [-0.3, -0.25) is 4.31 Å². The number of aromatic nitrogens is 2. The van der Waals surface area contributed by atoms with Crippen molar-refractivity contribution < 1.29 is 17.6 Å². The Morgan fingerprint density at radius 2 is 1.93 bits per heavy atom. The number of hydrogen-bond acceptors (Lipinski definition) is 7. The van der Waals surface area contributed by atoms with Gasteiger partial charge in [-0.1, -0.05) is 35.9 Å². The van der Waals surface area contributed by atoms with Crippen molar-refractivity contribution >= 4 is 38.6 Å². The summed E-state index contributed by atoms with van der Waals surface area (Å²) >= 11 is 7.49. The molecule has 0 fully saturated rings. The highest BCUT2D eigenvalue weighted by Crippen LogP contribution is 2.34. The van der Waals surface area contributed by atoms with Crippen LogP contribution in [0.15, 0.2) is 75.4 Å². The molecule has 0 unspecified atom stereocenters. The van der Waals surface area contributed by atoms with E-state index < -0.39 is 10.0 Å². The molecule has 2 aromatic carbocycles. The second-order valence-corrected chi connectivity index (χ2v) is 9.37. The summed E-state index contributed by atoms with van der Waals surface area (Å²) in [6, 6.07) is 16.6. The van der Waals surface area contributed by atoms with Crippen molar-refractivity contribution in [3.05, 3.63) is 77.0 Å². The van der Waals surface area contributed by atoms with Crippen molar-refractivity contribution in [1.29, 1.82) is 0 Å². The maximum atomic E-state index is 13.5. The van der Waals surface area contributed by atoms with Crippen LogP contribution in [-0.4, -0.2) is 25.7 Å². The topological polar surface area (TPSA) is 85.5 Å². The Hall–Kier alpha value is -2.88. The monoisotopic (exact) mass is 461 g/mol.